The molecule has 0 atom stereocenters. The molecule has 1 fully saturated rings. The Hall–Kier alpha value is -1.69. The van der Waals surface area contributed by atoms with Gasteiger partial charge in [-0.1, -0.05) is 25.3 Å². The largest absolute Gasteiger partial charge is 0.281 e. The van der Waals surface area contributed by atoms with Crippen LogP contribution in [-0.4, -0.2) is 22.7 Å². The molecule has 1 heterocycles. The van der Waals surface area contributed by atoms with Crippen molar-refractivity contribution in [2.75, 3.05) is 0 Å². The van der Waals surface area contributed by atoms with E-state index in [-0.39, 0.29) is 11.8 Å². The highest BCUT2D eigenvalue weighted by Gasteiger charge is 2.39. The van der Waals surface area contributed by atoms with Crippen molar-refractivity contribution in [3.8, 4) is 0 Å². The van der Waals surface area contributed by atoms with Crippen molar-refractivity contribution in [2.24, 2.45) is 5.92 Å². The zero-order valence-corrected chi connectivity index (χ0v) is 13.0. The minimum atomic E-state index is -0.480. The van der Waals surface area contributed by atoms with Crippen LogP contribution in [0.4, 0.5) is 0 Å². The lowest BCUT2D eigenvalue weighted by atomic mass is 9.89. The highest BCUT2D eigenvalue weighted by atomic mass is 79.9. The van der Waals surface area contributed by atoms with E-state index in [1.807, 2.05) is 0 Å². The van der Waals surface area contributed by atoms with E-state index in [1.54, 1.807) is 18.2 Å². The third kappa shape index (κ3) is 2.48. The molecular formula is C15H15BrN2O3. The van der Waals surface area contributed by atoms with Gasteiger partial charge < -0.3 is 0 Å². The van der Waals surface area contributed by atoms with Crippen LogP contribution in [0.5, 0.6) is 0 Å². The van der Waals surface area contributed by atoms with E-state index in [2.05, 4.69) is 21.4 Å². The molecule has 0 spiro atoms. The molecule has 0 saturated heterocycles. The molecule has 110 valence electrons. The van der Waals surface area contributed by atoms with Crippen LogP contribution in [-0.2, 0) is 4.79 Å². The summed E-state index contributed by atoms with van der Waals surface area (Å²) in [7, 11) is 0. The van der Waals surface area contributed by atoms with Crippen LogP contribution >= 0.6 is 15.9 Å². The van der Waals surface area contributed by atoms with Gasteiger partial charge in [0.1, 0.15) is 0 Å². The molecule has 1 aromatic rings. The van der Waals surface area contributed by atoms with E-state index in [0.29, 0.717) is 15.6 Å². The number of amides is 3. The second kappa shape index (κ2) is 5.60. The minimum absolute atomic E-state index is 0.105. The van der Waals surface area contributed by atoms with E-state index in [1.165, 1.54) is 0 Å². The Morgan fingerprint density at radius 2 is 1.86 bits per heavy atom. The zero-order valence-electron chi connectivity index (χ0n) is 11.4. The van der Waals surface area contributed by atoms with Gasteiger partial charge in [0.05, 0.1) is 11.1 Å². The summed E-state index contributed by atoms with van der Waals surface area (Å²) in [6.45, 7) is 0. The number of hydrazine groups is 1. The van der Waals surface area contributed by atoms with Gasteiger partial charge in [0.15, 0.2) is 0 Å². The van der Waals surface area contributed by atoms with Crippen LogP contribution in [0.25, 0.3) is 0 Å². The van der Waals surface area contributed by atoms with Crippen molar-refractivity contribution in [2.45, 2.75) is 32.1 Å². The number of benzene rings is 1. The minimum Gasteiger partial charge on any atom is -0.273 e. The summed E-state index contributed by atoms with van der Waals surface area (Å²) >= 11 is 3.27. The fourth-order valence-electron chi connectivity index (χ4n) is 2.91. The molecule has 1 saturated carbocycles. The van der Waals surface area contributed by atoms with Gasteiger partial charge in [0, 0.05) is 10.4 Å². The van der Waals surface area contributed by atoms with Gasteiger partial charge in [0.2, 0.25) is 5.91 Å². The van der Waals surface area contributed by atoms with Gasteiger partial charge in [-0.25, -0.2) is 0 Å². The van der Waals surface area contributed by atoms with Crippen LogP contribution < -0.4 is 5.43 Å². The van der Waals surface area contributed by atoms with Gasteiger partial charge in [-0.3, -0.25) is 19.8 Å². The van der Waals surface area contributed by atoms with Crippen LogP contribution in [0.15, 0.2) is 22.7 Å². The Balaban J connectivity index is 1.79. The molecule has 3 amide bonds. The molecule has 6 heteroatoms. The van der Waals surface area contributed by atoms with Crippen molar-refractivity contribution in [1.29, 1.82) is 0 Å². The number of hydrogen-bond acceptors (Lipinski definition) is 3. The third-order valence-corrected chi connectivity index (χ3v) is 4.72. The Kier molecular flexibility index (Phi) is 3.80. The standard InChI is InChI=1S/C15H15BrN2O3/c16-11-8-4-7-10-12(11)15(21)18(14(10)20)17-13(19)9-5-2-1-3-6-9/h4,7-9H,1-3,5-6H2,(H,17,19). The third-order valence-electron chi connectivity index (χ3n) is 4.06. The van der Waals surface area contributed by atoms with E-state index in [4.69, 9.17) is 0 Å². The summed E-state index contributed by atoms with van der Waals surface area (Å²) in [6, 6.07) is 4.99. The molecule has 21 heavy (non-hydrogen) atoms. The fraction of sp³-hybridized carbons (Fsp3) is 0.400. The number of rotatable bonds is 2. The second-order valence-electron chi connectivity index (χ2n) is 5.42. The van der Waals surface area contributed by atoms with E-state index >= 15 is 0 Å². The number of carbonyl (C=O) groups is 3. The first-order valence-electron chi connectivity index (χ1n) is 7.07. The number of carbonyl (C=O) groups excluding carboxylic acids is 3. The van der Waals surface area contributed by atoms with Crippen molar-refractivity contribution in [3.63, 3.8) is 0 Å². The lowest BCUT2D eigenvalue weighted by Gasteiger charge is -2.23. The Bertz CT molecular complexity index is 623. The molecule has 0 unspecified atom stereocenters. The zero-order chi connectivity index (χ0) is 15.0. The first-order chi connectivity index (χ1) is 10.1. The van der Waals surface area contributed by atoms with E-state index < -0.39 is 11.8 Å². The highest BCUT2D eigenvalue weighted by molar-refractivity contribution is 9.10. The molecule has 1 aliphatic carbocycles. The Morgan fingerprint density at radius 3 is 2.52 bits per heavy atom. The Morgan fingerprint density at radius 1 is 1.14 bits per heavy atom. The molecule has 5 nitrogen and oxygen atoms in total. The average Bonchev–Trinajstić information content (AvgIpc) is 2.74. The predicted octanol–water partition coefficient (Wildman–Crippen LogP) is 2.66. The molecule has 0 radical (unpaired) electrons. The normalized spacial score (nSPS) is 18.8. The van der Waals surface area contributed by atoms with Crippen molar-refractivity contribution in [3.05, 3.63) is 33.8 Å². The van der Waals surface area contributed by atoms with Crippen molar-refractivity contribution >= 4 is 33.7 Å². The number of halogens is 1. The monoisotopic (exact) mass is 350 g/mol. The SMILES string of the molecule is O=C(NN1C(=O)c2cccc(Br)c2C1=O)C1CCCCC1. The molecule has 2 aliphatic rings. The fourth-order valence-corrected chi connectivity index (χ4v) is 3.45. The maximum absolute atomic E-state index is 12.3. The summed E-state index contributed by atoms with van der Waals surface area (Å²) in [5.74, 6) is -1.29. The van der Waals surface area contributed by atoms with Gasteiger partial charge in [-0.2, -0.15) is 5.01 Å². The molecular weight excluding hydrogens is 336 g/mol. The smallest absolute Gasteiger partial charge is 0.273 e. The molecule has 3 rings (SSSR count). The number of imide groups is 1. The molecule has 0 aromatic heterocycles. The van der Waals surface area contributed by atoms with Gasteiger partial charge >= 0.3 is 0 Å². The second-order valence-corrected chi connectivity index (χ2v) is 6.27. The van der Waals surface area contributed by atoms with Crippen LogP contribution in [0.3, 0.4) is 0 Å². The van der Waals surface area contributed by atoms with Crippen LogP contribution in [0.2, 0.25) is 0 Å². The van der Waals surface area contributed by atoms with E-state index in [0.717, 1.165) is 37.1 Å². The molecule has 1 N–H and O–H groups in total. The molecule has 0 bridgehead atoms. The maximum Gasteiger partial charge on any atom is 0.281 e. The highest BCUT2D eigenvalue weighted by Crippen LogP contribution is 2.29. The lowest BCUT2D eigenvalue weighted by molar-refractivity contribution is -0.129. The number of hydrogen-bond donors (Lipinski definition) is 1. The maximum atomic E-state index is 12.3. The van der Waals surface area contributed by atoms with Gasteiger partial charge in [0.25, 0.3) is 11.8 Å². The summed E-state index contributed by atoms with van der Waals surface area (Å²) in [5.41, 5.74) is 3.13. The lowest BCUT2D eigenvalue weighted by Crippen LogP contribution is -2.48. The topological polar surface area (TPSA) is 66.5 Å². The molecule has 1 aliphatic heterocycles. The number of fused-ring (bicyclic) bond motifs is 1. The average molecular weight is 351 g/mol. The summed E-state index contributed by atoms with van der Waals surface area (Å²) in [4.78, 5) is 36.8. The van der Waals surface area contributed by atoms with Crippen molar-refractivity contribution < 1.29 is 14.4 Å². The van der Waals surface area contributed by atoms with Crippen molar-refractivity contribution in [1.82, 2.24) is 10.4 Å². The number of nitrogens with zero attached hydrogens (tertiary/aromatic N) is 1. The quantitative estimate of drug-likeness (QED) is 0.833. The van der Waals surface area contributed by atoms with Gasteiger partial charge in [-0.15, -0.1) is 0 Å². The van der Waals surface area contributed by atoms with Crippen LogP contribution in [0.1, 0.15) is 52.8 Å². The predicted molar refractivity (Wildman–Crippen MR) is 79.4 cm³/mol. The first kappa shape index (κ1) is 14.3. The summed E-state index contributed by atoms with van der Waals surface area (Å²) in [5, 5.41) is 0.840. The van der Waals surface area contributed by atoms with Crippen LogP contribution in [0, 0.1) is 5.92 Å². The molecule has 1 aromatic carbocycles. The van der Waals surface area contributed by atoms with Gasteiger partial charge in [-0.05, 0) is 40.9 Å². The summed E-state index contributed by atoms with van der Waals surface area (Å²) in [6.07, 6.45) is 4.82. The number of nitrogens with one attached hydrogen (secondary N) is 1. The Labute approximate surface area is 130 Å². The van der Waals surface area contributed by atoms with E-state index in [9.17, 15) is 14.4 Å². The summed E-state index contributed by atoms with van der Waals surface area (Å²) < 4.78 is 0.563. The first-order valence-corrected chi connectivity index (χ1v) is 7.86.